The van der Waals surface area contributed by atoms with Crippen molar-refractivity contribution in [3.63, 3.8) is 0 Å². The largest absolute Gasteiger partial charge is 0.457 e. The summed E-state index contributed by atoms with van der Waals surface area (Å²) in [5.41, 5.74) is 1.22. The third-order valence-corrected chi connectivity index (χ3v) is 4.84. The van der Waals surface area contributed by atoms with Crippen molar-refractivity contribution in [3.8, 4) is 17.6 Å². The summed E-state index contributed by atoms with van der Waals surface area (Å²) in [6.45, 7) is 2.34. The van der Waals surface area contributed by atoms with E-state index < -0.39 is 0 Å². The first-order valence-corrected chi connectivity index (χ1v) is 9.72. The monoisotopic (exact) mass is 399 g/mol. The quantitative estimate of drug-likeness (QED) is 0.714. The van der Waals surface area contributed by atoms with Crippen LogP contribution in [0.25, 0.3) is 0 Å². The summed E-state index contributed by atoms with van der Waals surface area (Å²) in [7, 11) is 0. The maximum atomic E-state index is 12.7. The molecule has 1 saturated heterocycles. The van der Waals surface area contributed by atoms with Gasteiger partial charge >= 0.3 is 6.03 Å². The number of anilines is 2. The molecule has 30 heavy (non-hydrogen) atoms. The second-order valence-corrected chi connectivity index (χ2v) is 6.83. The number of aromatic nitrogens is 1. The van der Waals surface area contributed by atoms with E-state index in [2.05, 4.69) is 16.4 Å². The van der Waals surface area contributed by atoms with Crippen LogP contribution < -0.4 is 15.0 Å². The molecule has 1 fully saturated rings. The number of benzene rings is 2. The predicted octanol–water partition coefficient (Wildman–Crippen LogP) is 4.10. The molecule has 1 aromatic heterocycles. The van der Waals surface area contributed by atoms with E-state index in [-0.39, 0.29) is 6.03 Å². The summed E-state index contributed by atoms with van der Waals surface area (Å²) in [5.74, 6) is 2.07. The topological polar surface area (TPSA) is 81.5 Å². The lowest BCUT2D eigenvalue weighted by Gasteiger charge is -2.35. The summed E-state index contributed by atoms with van der Waals surface area (Å²) in [4.78, 5) is 20.8. The van der Waals surface area contributed by atoms with E-state index in [1.54, 1.807) is 29.3 Å². The minimum absolute atomic E-state index is 0.159. The minimum Gasteiger partial charge on any atom is -0.457 e. The van der Waals surface area contributed by atoms with Crippen molar-refractivity contribution in [2.24, 2.45) is 0 Å². The molecule has 4 rings (SSSR count). The van der Waals surface area contributed by atoms with Gasteiger partial charge in [0.2, 0.25) is 0 Å². The normalized spacial score (nSPS) is 13.4. The number of rotatable bonds is 4. The molecule has 2 heterocycles. The van der Waals surface area contributed by atoms with Gasteiger partial charge in [0.05, 0.1) is 5.56 Å². The van der Waals surface area contributed by atoms with Crippen LogP contribution in [0.4, 0.5) is 16.3 Å². The van der Waals surface area contributed by atoms with Crippen molar-refractivity contribution in [1.82, 2.24) is 9.88 Å². The maximum Gasteiger partial charge on any atom is 0.321 e. The Bertz CT molecular complexity index is 1060. The molecule has 7 heteroatoms. The molecule has 0 radical (unpaired) electrons. The molecule has 0 atom stereocenters. The molecular formula is C23H21N5O2. The molecule has 1 N–H and O–H groups in total. The Kier molecular flexibility index (Phi) is 5.76. The van der Waals surface area contributed by atoms with Gasteiger partial charge in [-0.3, -0.25) is 0 Å². The lowest BCUT2D eigenvalue weighted by molar-refractivity contribution is 0.208. The summed E-state index contributed by atoms with van der Waals surface area (Å²) in [6.07, 6.45) is 1.68. The van der Waals surface area contributed by atoms with Crippen LogP contribution in [-0.2, 0) is 0 Å². The van der Waals surface area contributed by atoms with E-state index >= 15 is 0 Å². The second-order valence-electron chi connectivity index (χ2n) is 6.83. The van der Waals surface area contributed by atoms with Crippen LogP contribution in [0.1, 0.15) is 5.56 Å². The van der Waals surface area contributed by atoms with Crippen molar-refractivity contribution in [1.29, 1.82) is 5.26 Å². The number of hydrogen-bond donors (Lipinski definition) is 1. The number of nitriles is 1. The molecule has 0 unspecified atom stereocenters. The van der Waals surface area contributed by atoms with Crippen molar-refractivity contribution in [3.05, 3.63) is 78.5 Å². The van der Waals surface area contributed by atoms with Crippen LogP contribution in [0.2, 0.25) is 0 Å². The summed E-state index contributed by atoms with van der Waals surface area (Å²) in [6, 6.07) is 22.3. The maximum absolute atomic E-state index is 12.7. The number of pyridine rings is 1. The van der Waals surface area contributed by atoms with E-state index in [1.165, 1.54) is 0 Å². The van der Waals surface area contributed by atoms with Gasteiger partial charge in [0.25, 0.3) is 0 Å². The average Bonchev–Trinajstić information content (AvgIpc) is 2.80. The van der Waals surface area contributed by atoms with Crippen molar-refractivity contribution < 1.29 is 9.53 Å². The number of piperazine rings is 1. The van der Waals surface area contributed by atoms with E-state index in [0.717, 1.165) is 5.75 Å². The third kappa shape index (κ3) is 4.50. The molecule has 7 nitrogen and oxygen atoms in total. The van der Waals surface area contributed by atoms with Gasteiger partial charge < -0.3 is 19.9 Å². The highest BCUT2D eigenvalue weighted by Crippen LogP contribution is 2.24. The zero-order valence-electron chi connectivity index (χ0n) is 16.4. The molecule has 3 aromatic rings. The predicted molar refractivity (Wildman–Crippen MR) is 115 cm³/mol. The van der Waals surface area contributed by atoms with Gasteiger partial charge in [-0.05, 0) is 36.4 Å². The molecule has 1 aliphatic rings. The molecule has 2 aromatic carbocycles. The Morgan fingerprint density at radius 2 is 1.73 bits per heavy atom. The van der Waals surface area contributed by atoms with E-state index in [9.17, 15) is 10.1 Å². The fourth-order valence-corrected chi connectivity index (χ4v) is 3.32. The molecule has 0 saturated carbocycles. The zero-order chi connectivity index (χ0) is 20.8. The average molecular weight is 399 g/mol. The Hall–Kier alpha value is -4.05. The highest BCUT2D eigenvalue weighted by Gasteiger charge is 2.23. The number of para-hydroxylation sites is 1. The second kappa shape index (κ2) is 8.97. The Morgan fingerprint density at radius 1 is 0.967 bits per heavy atom. The standard InChI is InChI=1S/C23H21N5O2/c24-17-18-6-5-11-25-22(18)27-12-14-28(15-13-27)23(29)26-19-7-4-10-21(16-19)30-20-8-2-1-3-9-20/h1-11,16H,12-15H2,(H,26,29). The van der Waals surface area contributed by atoms with Gasteiger partial charge in [-0.2, -0.15) is 5.26 Å². The van der Waals surface area contributed by atoms with E-state index in [1.807, 2.05) is 53.4 Å². The number of ether oxygens (including phenoxy) is 1. The number of urea groups is 1. The summed E-state index contributed by atoms with van der Waals surface area (Å²) in [5, 5.41) is 12.2. The number of carbonyl (C=O) groups excluding carboxylic acids is 1. The van der Waals surface area contributed by atoms with Crippen LogP contribution in [0, 0.1) is 11.3 Å². The molecule has 150 valence electrons. The number of hydrogen-bond acceptors (Lipinski definition) is 5. The first kappa shape index (κ1) is 19.3. The van der Waals surface area contributed by atoms with Gasteiger partial charge in [-0.25, -0.2) is 9.78 Å². The summed E-state index contributed by atoms with van der Waals surface area (Å²) >= 11 is 0. The molecular weight excluding hydrogens is 378 g/mol. The Balaban J connectivity index is 1.35. The first-order valence-electron chi connectivity index (χ1n) is 9.72. The van der Waals surface area contributed by atoms with Crippen molar-refractivity contribution in [2.75, 3.05) is 36.4 Å². The third-order valence-electron chi connectivity index (χ3n) is 4.84. The van der Waals surface area contributed by atoms with Crippen LogP contribution >= 0.6 is 0 Å². The zero-order valence-corrected chi connectivity index (χ0v) is 16.4. The molecule has 1 aliphatic heterocycles. The lowest BCUT2D eigenvalue weighted by Crippen LogP contribution is -2.50. The number of nitrogens with one attached hydrogen (secondary N) is 1. The smallest absolute Gasteiger partial charge is 0.321 e. The van der Waals surface area contributed by atoms with Crippen molar-refractivity contribution in [2.45, 2.75) is 0 Å². The number of carbonyl (C=O) groups is 1. The van der Waals surface area contributed by atoms with Gasteiger partial charge in [-0.15, -0.1) is 0 Å². The lowest BCUT2D eigenvalue weighted by atomic mass is 10.2. The fraction of sp³-hybridized carbons (Fsp3) is 0.174. The number of nitrogens with zero attached hydrogens (tertiary/aromatic N) is 4. The van der Waals surface area contributed by atoms with Gasteiger partial charge in [0.1, 0.15) is 23.4 Å². The van der Waals surface area contributed by atoms with Gasteiger partial charge in [-0.1, -0.05) is 24.3 Å². The fourth-order valence-electron chi connectivity index (χ4n) is 3.32. The van der Waals surface area contributed by atoms with E-state index in [4.69, 9.17) is 4.74 Å². The van der Waals surface area contributed by atoms with E-state index in [0.29, 0.717) is 49.0 Å². The SMILES string of the molecule is N#Cc1cccnc1N1CCN(C(=O)Nc2cccc(Oc3ccccc3)c2)CC1. The van der Waals surface area contributed by atoms with Crippen LogP contribution in [0.3, 0.4) is 0 Å². The molecule has 2 amide bonds. The minimum atomic E-state index is -0.159. The highest BCUT2D eigenvalue weighted by atomic mass is 16.5. The van der Waals surface area contributed by atoms with Gasteiger partial charge in [0, 0.05) is 44.1 Å². The van der Waals surface area contributed by atoms with Crippen LogP contribution in [0.5, 0.6) is 11.5 Å². The first-order chi connectivity index (χ1) is 14.7. The van der Waals surface area contributed by atoms with Crippen molar-refractivity contribution >= 4 is 17.5 Å². The molecule has 0 bridgehead atoms. The summed E-state index contributed by atoms with van der Waals surface area (Å²) < 4.78 is 5.83. The van der Waals surface area contributed by atoms with Crippen LogP contribution in [0.15, 0.2) is 72.9 Å². The van der Waals surface area contributed by atoms with Crippen LogP contribution in [-0.4, -0.2) is 42.1 Å². The number of amides is 2. The Morgan fingerprint density at radius 3 is 2.50 bits per heavy atom. The molecule has 0 aliphatic carbocycles. The Labute approximate surface area is 175 Å². The molecule has 0 spiro atoms. The van der Waals surface area contributed by atoms with Gasteiger partial charge in [0.15, 0.2) is 0 Å². The highest BCUT2D eigenvalue weighted by molar-refractivity contribution is 5.89.